The van der Waals surface area contributed by atoms with Crippen molar-refractivity contribution < 1.29 is 36.5 Å². The topological polar surface area (TPSA) is 128 Å². The van der Waals surface area contributed by atoms with Crippen LogP contribution in [0.1, 0.15) is 12.5 Å². The molecule has 13 heteroatoms. The second kappa shape index (κ2) is 11.4. The molecule has 0 aliphatic carbocycles. The number of methoxy groups -OCH3 is 1. The van der Waals surface area contributed by atoms with Gasteiger partial charge >= 0.3 is 16.1 Å². The zero-order valence-corrected chi connectivity index (χ0v) is 22.8. The number of carbonyl (C=O) groups is 3. The molecular weight excluding hydrogens is 571 g/mol. The van der Waals surface area contributed by atoms with E-state index in [0.29, 0.717) is 10.8 Å². The van der Waals surface area contributed by atoms with Crippen LogP contribution in [0.25, 0.3) is 6.08 Å². The van der Waals surface area contributed by atoms with Gasteiger partial charge in [-0.3, -0.25) is 14.9 Å². The van der Waals surface area contributed by atoms with Gasteiger partial charge in [-0.15, -0.1) is 0 Å². The number of nitrogens with one attached hydrogen (secondary N) is 1. The molecule has 1 aliphatic heterocycles. The van der Waals surface area contributed by atoms with Crippen molar-refractivity contribution in [3.05, 3.63) is 81.8 Å². The fourth-order valence-electron chi connectivity index (χ4n) is 3.56. The van der Waals surface area contributed by atoms with Crippen molar-refractivity contribution in [1.29, 1.82) is 0 Å². The lowest BCUT2D eigenvalue weighted by molar-refractivity contribution is -0.122. The van der Waals surface area contributed by atoms with E-state index in [1.54, 1.807) is 19.1 Å². The molecular formula is C26H20Cl2N2O8S. The van der Waals surface area contributed by atoms with Crippen LogP contribution in [0.5, 0.6) is 17.2 Å². The van der Waals surface area contributed by atoms with Crippen molar-refractivity contribution in [2.24, 2.45) is 0 Å². The van der Waals surface area contributed by atoms with Crippen molar-refractivity contribution in [3.63, 3.8) is 0 Å². The van der Waals surface area contributed by atoms with Gasteiger partial charge in [0.1, 0.15) is 16.2 Å². The van der Waals surface area contributed by atoms with Crippen LogP contribution in [0.2, 0.25) is 10.0 Å². The van der Waals surface area contributed by atoms with Gasteiger partial charge in [0.25, 0.3) is 11.8 Å². The number of nitrogens with zero attached hydrogens (tertiary/aromatic N) is 1. The Morgan fingerprint density at radius 1 is 0.974 bits per heavy atom. The Bertz CT molecular complexity index is 1590. The summed E-state index contributed by atoms with van der Waals surface area (Å²) in [5, 5.41) is 2.30. The molecule has 0 radical (unpaired) electrons. The summed E-state index contributed by atoms with van der Waals surface area (Å²) in [5.41, 5.74) is 0.0505. The summed E-state index contributed by atoms with van der Waals surface area (Å²) in [6, 6.07) is 13.1. The maximum Gasteiger partial charge on any atom is 0.339 e. The first kappa shape index (κ1) is 28.0. The molecule has 0 saturated carbocycles. The average molecular weight is 591 g/mol. The molecule has 0 bridgehead atoms. The predicted octanol–water partition coefficient (Wildman–Crippen LogP) is 4.83. The molecule has 0 atom stereocenters. The number of benzene rings is 3. The fourth-order valence-corrected chi connectivity index (χ4v) is 4.95. The number of barbiturate groups is 1. The van der Waals surface area contributed by atoms with Crippen molar-refractivity contribution in [2.45, 2.75) is 11.8 Å². The van der Waals surface area contributed by atoms with E-state index >= 15 is 0 Å². The average Bonchev–Trinajstić information content (AvgIpc) is 2.89. The second-order valence-corrected chi connectivity index (χ2v) is 10.3. The van der Waals surface area contributed by atoms with E-state index < -0.39 is 28.0 Å². The molecule has 0 spiro atoms. The van der Waals surface area contributed by atoms with E-state index in [4.69, 9.17) is 36.9 Å². The smallest absolute Gasteiger partial charge is 0.339 e. The molecule has 1 aliphatic rings. The molecule has 1 fully saturated rings. The van der Waals surface area contributed by atoms with Gasteiger partial charge in [-0.05, 0) is 79.2 Å². The molecule has 4 rings (SSSR count). The third-order valence-electron chi connectivity index (χ3n) is 5.37. The molecule has 3 aromatic carbocycles. The lowest BCUT2D eigenvalue weighted by Gasteiger charge is -2.26. The third-order valence-corrected chi connectivity index (χ3v) is 7.14. The summed E-state index contributed by atoms with van der Waals surface area (Å²) >= 11 is 12.2. The van der Waals surface area contributed by atoms with Crippen LogP contribution in [-0.2, 0) is 19.7 Å². The van der Waals surface area contributed by atoms with Crippen molar-refractivity contribution in [1.82, 2.24) is 5.32 Å². The van der Waals surface area contributed by atoms with Gasteiger partial charge in [-0.25, -0.2) is 9.69 Å². The SMILES string of the molecule is CCOc1cc(/C=C2\C(=O)NC(=O)N(c3ccc(OC)cc3)C2=O)cc(Cl)c1OS(=O)(=O)c1ccc(Cl)cc1. The zero-order chi connectivity index (χ0) is 28.3. The first-order valence-electron chi connectivity index (χ1n) is 11.3. The van der Waals surface area contributed by atoms with E-state index in [-0.39, 0.29) is 44.8 Å². The standard InChI is InChI=1S/C26H20Cl2N2O8S/c1-3-37-22-14-15(13-21(28)23(22)38-39(34,35)19-10-4-16(27)5-11-19)12-20-24(31)29-26(33)30(25(20)32)17-6-8-18(36-2)9-7-17/h4-14H,3H2,1-2H3,(H,29,31,33)/b20-12+. The van der Waals surface area contributed by atoms with Crippen LogP contribution in [0.3, 0.4) is 0 Å². The number of carbonyl (C=O) groups excluding carboxylic acids is 3. The molecule has 1 N–H and O–H groups in total. The molecule has 0 aromatic heterocycles. The van der Waals surface area contributed by atoms with Crippen LogP contribution >= 0.6 is 23.2 Å². The number of hydrogen-bond donors (Lipinski definition) is 1. The Morgan fingerprint density at radius 2 is 1.64 bits per heavy atom. The van der Waals surface area contributed by atoms with E-state index in [1.807, 2.05) is 0 Å². The maximum absolute atomic E-state index is 13.2. The Labute approximate surface area is 233 Å². The minimum absolute atomic E-state index is 0.0545. The molecule has 202 valence electrons. The van der Waals surface area contributed by atoms with Crippen LogP contribution in [0, 0.1) is 0 Å². The summed E-state index contributed by atoms with van der Waals surface area (Å²) < 4.78 is 41.6. The van der Waals surface area contributed by atoms with Crippen LogP contribution < -0.4 is 23.9 Å². The summed E-state index contributed by atoms with van der Waals surface area (Å²) in [4.78, 5) is 38.9. The minimum atomic E-state index is -4.31. The lowest BCUT2D eigenvalue weighted by atomic mass is 10.1. The number of urea groups is 1. The summed E-state index contributed by atoms with van der Waals surface area (Å²) in [6.45, 7) is 1.78. The quantitative estimate of drug-likeness (QED) is 0.224. The number of hydrogen-bond acceptors (Lipinski definition) is 8. The molecule has 10 nitrogen and oxygen atoms in total. The second-order valence-electron chi connectivity index (χ2n) is 7.91. The van der Waals surface area contributed by atoms with Crippen LogP contribution in [-0.4, -0.2) is 40.0 Å². The Morgan fingerprint density at radius 3 is 2.26 bits per heavy atom. The van der Waals surface area contributed by atoms with Crippen molar-refractivity contribution >= 4 is 62.9 Å². The highest BCUT2D eigenvalue weighted by atomic mass is 35.5. The first-order chi connectivity index (χ1) is 18.5. The highest BCUT2D eigenvalue weighted by Gasteiger charge is 2.37. The third kappa shape index (κ3) is 6.00. The zero-order valence-electron chi connectivity index (χ0n) is 20.4. The van der Waals surface area contributed by atoms with Crippen molar-refractivity contribution in [2.75, 3.05) is 18.6 Å². The molecule has 4 amide bonds. The Kier molecular flexibility index (Phi) is 8.14. The van der Waals surface area contributed by atoms with Gasteiger partial charge in [0.15, 0.2) is 5.75 Å². The Hall–Kier alpha value is -4.06. The molecule has 0 unspecified atom stereocenters. The monoisotopic (exact) mass is 590 g/mol. The minimum Gasteiger partial charge on any atom is -0.497 e. The molecule has 1 saturated heterocycles. The van der Waals surface area contributed by atoms with Crippen LogP contribution in [0.15, 0.2) is 71.1 Å². The maximum atomic E-state index is 13.2. The normalized spacial score (nSPS) is 14.8. The van der Waals surface area contributed by atoms with Gasteiger partial charge in [0.05, 0.1) is 24.4 Å². The predicted molar refractivity (Wildman–Crippen MR) is 144 cm³/mol. The molecule has 3 aromatic rings. The van der Waals surface area contributed by atoms with E-state index in [9.17, 15) is 22.8 Å². The summed E-state index contributed by atoms with van der Waals surface area (Å²) in [7, 11) is -2.84. The van der Waals surface area contributed by atoms with E-state index in [2.05, 4.69) is 5.32 Å². The first-order valence-corrected chi connectivity index (χ1v) is 13.4. The van der Waals surface area contributed by atoms with E-state index in [1.165, 1.54) is 61.7 Å². The van der Waals surface area contributed by atoms with E-state index in [0.717, 1.165) is 4.90 Å². The van der Waals surface area contributed by atoms with Gasteiger partial charge in [-0.1, -0.05) is 23.2 Å². The van der Waals surface area contributed by atoms with Gasteiger partial charge in [0, 0.05) is 5.02 Å². The van der Waals surface area contributed by atoms with Gasteiger partial charge in [-0.2, -0.15) is 8.42 Å². The number of amides is 4. The highest BCUT2D eigenvalue weighted by Crippen LogP contribution is 2.39. The van der Waals surface area contributed by atoms with Gasteiger partial charge < -0.3 is 13.7 Å². The van der Waals surface area contributed by atoms with Crippen molar-refractivity contribution in [3.8, 4) is 17.2 Å². The van der Waals surface area contributed by atoms with Gasteiger partial charge in [0.2, 0.25) is 5.75 Å². The summed E-state index contributed by atoms with van der Waals surface area (Å²) in [5.74, 6) is -1.64. The number of imide groups is 2. The number of halogens is 2. The largest absolute Gasteiger partial charge is 0.497 e. The Balaban J connectivity index is 1.70. The highest BCUT2D eigenvalue weighted by molar-refractivity contribution is 7.87. The van der Waals surface area contributed by atoms with Crippen LogP contribution in [0.4, 0.5) is 10.5 Å². The summed E-state index contributed by atoms with van der Waals surface area (Å²) in [6.07, 6.45) is 1.20. The number of rotatable bonds is 8. The fraction of sp³-hybridized carbons (Fsp3) is 0.115. The molecule has 39 heavy (non-hydrogen) atoms. The lowest BCUT2D eigenvalue weighted by Crippen LogP contribution is -2.54. The number of anilines is 1. The molecule has 1 heterocycles. The number of ether oxygens (including phenoxy) is 2.